The molecule has 0 fully saturated rings. The highest BCUT2D eigenvalue weighted by molar-refractivity contribution is 5.67. The number of hydrogen-bond donors (Lipinski definition) is 1. The Morgan fingerprint density at radius 2 is 2.09 bits per heavy atom. The third-order valence-corrected chi connectivity index (χ3v) is 1.36. The van der Waals surface area contributed by atoms with Gasteiger partial charge in [0, 0.05) is 7.77 Å². The van der Waals surface area contributed by atoms with Crippen molar-refractivity contribution in [2.24, 2.45) is 0 Å². The molecule has 2 nitrogen and oxygen atoms in total. The molecule has 0 bridgehead atoms. The van der Waals surface area contributed by atoms with Crippen molar-refractivity contribution in [1.82, 2.24) is 0 Å². The average molecular weight is 151 g/mol. The van der Waals surface area contributed by atoms with Crippen LogP contribution in [0.15, 0.2) is 30.3 Å². The molecule has 0 heterocycles. The van der Waals surface area contributed by atoms with Gasteiger partial charge in [-0.1, -0.05) is 30.3 Å². The molecule has 1 atom stereocenters. The summed E-state index contributed by atoms with van der Waals surface area (Å²) in [4.78, 5) is 10.3. The zero-order chi connectivity index (χ0) is 8.97. The Balaban J connectivity index is 2.58. The van der Waals surface area contributed by atoms with Crippen molar-refractivity contribution in [1.29, 1.82) is 0 Å². The van der Waals surface area contributed by atoms with Crippen LogP contribution in [0.2, 0.25) is 0 Å². The Hall–Kier alpha value is -1.31. The van der Waals surface area contributed by atoms with Crippen molar-refractivity contribution in [2.45, 2.75) is 12.8 Å². The second kappa shape index (κ2) is 3.76. The zero-order valence-electron chi connectivity index (χ0n) is 7.03. The molecule has 0 aromatic heterocycles. The normalized spacial score (nSPS) is 13.6. The standard InChI is InChI=1S/C9H10O2/c10-9(11)7-6-8-4-2-1-3-5-8/h1-5H,6-7H2,(H,10,11)/i7D. The molecule has 58 valence electrons. The highest BCUT2D eigenvalue weighted by Gasteiger charge is 1.96. The maximum atomic E-state index is 10.3. The van der Waals surface area contributed by atoms with E-state index in [0.29, 0.717) is 0 Å². The molecular weight excluding hydrogens is 140 g/mol. The summed E-state index contributed by atoms with van der Waals surface area (Å²) in [6, 6.07) is 9.19. The van der Waals surface area contributed by atoms with Gasteiger partial charge in [0.2, 0.25) is 0 Å². The maximum absolute atomic E-state index is 10.3. The lowest BCUT2D eigenvalue weighted by atomic mass is 10.1. The third kappa shape index (κ3) is 2.85. The van der Waals surface area contributed by atoms with Gasteiger partial charge in [-0.25, -0.2) is 0 Å². The van der Waals surface area contributed by atoms with Crippen molar-refractivity contribution in [3.63, 3.8) is 0 Å². The fourth-order valence-electron chi connectivity index (χ4n) is 0.819. The number of hydrogen-bond acceptors (Lipinski definition) is 1. The summed E-state index contributed by atoms with van der Waals surface area (Å²) in [7, 11) is 0. The molecule has 0 radical (unpaired) electrons. The largest absolute Gasteiger partial charge is 0.481 e. The van der Waals surface area contributed by atoms with Gasteiger partial charge in [0.05, 0.1) is 0 Å². The monoisotopic (exact) mass is 151 g/mol. The highest BCUT2D eigenvalue weighted by Crippen LogP contribution is 2.01. The molecule has 0 aliphatic heterocycles. The van der Waals surface area contributed by atoms with Gasteiger partial charge in [0.15, 0.2) is 0 Å². The van der Waals surface area contributed by atoms with E-state index >= 15 is 0 Å². The highest BCUT2D eigenvalue weighted by atomic mass is 16.4. The number of carboxylic acids is 1. The van der Waals surface area contributed by atoms with Crippen LogP contribution in [0.5, 0.6) is 0 Å². The van der Waals surface area contributed by atoms with Crippen LogP contribution in [0.3, 0.4) is 0 Å². The van der Waals surface area contributed by atoms with Crippen LogP contribution in [-0.4, -0.2) is 11.1 Å². The predicted molar refractivity (Wildman–Crippen MR) is 42.4 cm³/mol. The summed E-state index contributed by atoms with van der Waals surface area (Å²) in [5, 5.41) is 8.46. The molecule has 1 unspecified atom stereocenters. The topological polar surface area (TPSA) is 37.3 Å². The van der Waals surface area contributed by atoms with Crippen molar-refractivity contribution >= 4 is 5.97 Å². The summed E-state index contributed by atoms with van der Waals surface area (Å²) in [5.41, 5.74) is 0.889. The molecule has 1 aromatic carbocycles. The molecule has 1 N–H and O–H groups in total. The van der Waals surface area contributed by atoms with E-state index in [9.17, 15) is 4.79 Å². The Bertz CT molecular complexity index is 258. The van der Waals surface area contributed by atoms with Crippen LogP contribution < -0.4 is 0 Å². The summed E-state index contributed by atoms with van der Waals surface area (Å²) in [6.07, 6.45) is -0.775. The summed E-state index contributed by atoms with van der Waals surface area (Å²) in [6.45, 7) is 0. The molecule has 0 saturated heterocycles. The lowest BCUT2D eigenvalue weighted by molar-refractivity contribution is -0.136. The Morgan fingerprint density at radius 3 is 2.64 bits per heavy atom. The van der Waals surface area contributed by atoms with E-state index in [2.05, 4.69) is 0 Å². The van der Waals surface area contributed by atoms with Gasteiger partial charge < -0.3 is 5.11 Å². The third-order valence-electron chi connectivity index (χ3n) is 1.36. The van der Waals surface area contributed by atoms with Crippen LogP contribution in [-0.2, 0) is 11.2 Å². The minimum absolute atomic E-state index is 0.274. The van der Waals surface area contributed by atoms with Gasteiger partial charge >= 0.3 is 5.97 Å². The Labute approximate surface area is 66.9 Å². The fourth-order valence-corrected chi connectivity index (χ4v) is 0.819. The van der Waals surface area contributed by atoms with Gasteiger partial charge in [0.1, 0.15) is 0 Å². The number of aliphatic carboxylic acids is 1. The minimum atomic E-state index is -1.07. The van der Waals surface area contributed by atoms with Gasteiger partial charge in [-0.15, -0.1) is 0 Å². The first-order valence-electron chi connectivity index (χ1n) is 3.97. The summed E-state index contributed by atoms with van der Waals surface area (Å²) < 4.78 is 7.16. The molecule has 11 heavy (non-hydrogen) atoms. The van der Waals surface area contributed by atoms with E-state index in [4.69, 9.17) is 6.48 Å². The van der Waals surface area contributed by atoms with E-state index in [1.54, 1.807) is 0 Å². The Morgan fingerprint density at radius 1 is 1.45 bits per heavy atom. The second-order valence-corrected chi connectivity index (χ2v) is 2.23. The second-order valence-electron chi connectivity index (χ2n) is 2.23. The smallest absolute Gasteiger partial charge is 0.303 e. The molecular formula is C9H10O2. The fraction of sp³-hybridized carbons (Fsp3) is 0.222. The minimum Gasteiger partial charge on any atom is -0.481 e. The predicted octanol–water partition coefficient (Wildman–Crippen LogP) is 1.70. The number of carboxylic acid groups (broad SMARTS) is 1. The van der Waals surface area contributed by atoms with Crippen molar-refractivity contribution < 1.29 is 11.3 Å². The Kier molecular flexibility index (Phi) is 2.19. The average Bonchev–Trinajstić information content (AvgIpc) is 2.06. The van der Waals surface area contributed by atoms with Gasteiger partial charge in [-0.3, -0.25) is 4.79 Å². The van der Waals surface area contributed by atoms with Crippen LogP contribution in [0.4, 0.5) is 0 Å². The maximum Gasteiger partial charge on any atom is 0.303 e. The quantitative estimate of drug-likeness (QED) is 0.714. The van der Waals surface area contributed by atoms with Crippen molar-refractivity contribution in [2.75, 3.05) is 0 Å². The first-order valence-corrected chi connectivity index (χ1v) is 3.39. The zero-order valence-corrected chi connectivity index (χ0v) is 6.03. The van der Waals surface area contributed by atoms with E-state index < -0.39 is 12.4 Å². The first kappa shape index (κ1) is 6.40. The summed E-state index contributed by atoms with van der Waals surface area (Å²) in [5.74, 6) is -1.07. The molecule has 1 rings (SSSR count). The van der Waals surface area contributed by atoms with Crippen molar-refractivity contribution in [3.05, 3.63) is 35.9 Å². The van der Waals surface area contributed by atoms with Crippen LogP contribution in [0.1, 0.15) is 13.3 Å². The first-order chi connectivity index (χ1) is 5.70. The number of benzene rings is 1. The van der Waals surface area contributed by atoms with Gasteiger partial charge in [-0.05, 0) is 12.0 Å². The van der Waals surface area contributed by atoms with Crippen molar-refractivity contribution in [3.8, 4) is 0 Å². The molecule has 0 aliphatic carbocycles. The number of aryl methyl sites for hydroxylation is 1. The van der Waals surface area contributed by atoms with E-state index in [0.717, 1.165) is 5.56 Å². The van der Waals surface area contributed by atoms with E-state index in [1.807, 2.05) is 30.3 Å². The number of carbonyl (C=O) groups is 1. The molecule has 0 aliphatic rings. The molecule has 0 spiro atoms. The molecule has 1 aromatic rings. The lowest BCUT2D eigenvalue weighted by Crippen LogP contribution is -1.96. The van der Waals surface area contributed by atoms with Gasteiger partial charge in [0.25, 0.3) is 0 Å². The number of rotatable bonds is 3. The summed E-state index contributed by atoms with van der Waals surface area (Å²) >= 11 is 0. The molecule has 2 heteroatoms. The van der Waals surface area contributed by atoms with Crippen LogP contribution in [0, 0.1) is 0 Å². The lowest BCUT2D eigenvalue weighted by Gasteiger charge is -1.95. The molecule has 0 saturated carbocycles. The van der Waals surface area contributed by atoms with E-state index in [1.165, 1.54) is 0 Å². The van der Waals surface area contributed by atoms with E-state index in [-0.39, 0.29) is 6.42 Å². The van der Waals surface area contributed by atoms with Crippen LogP contribution >= 0.6 is 0 Å². The SMILES string of the molecule is [2H]C(Cc1ccccc1)C(=O)O. The van der Waals surface area contributed by atoms with Crippen LogP contribution in [0.25, 0.3) is 0 Å². The molecule has 0 amide bonds. The van der Waals surface area contributed by atoms with Gasteiger partial charge in [-0.2, -0.15) is 0 Å².